The molecular weight excluding hydrogens is 256 g/mol. The topological polar surface area (TPSA) is 42.7 Å². The molecule has 0 amide bonds. The first-order valence-corrected chi connectivity index (χ1v) is 6.28. The molecule has 0 atom stereocenters. The molecule has 5 heteroatoms. The van der Waals surface area contributed by atoms with Crippen molar-refractivity contribution < 1.29 is 0 Å². The molecule has 1 aromatic rings. The second-order valence-electron chi connectivity index (χ2n) is 4.60. The zero-order valence-electron chi connectivity index (χ0n) is 9.20. The summed E-state index contributed by atoms with van der Waals surface area (Å²) in [5, 5.41) is 7.67. The highest BCUT2D eigenvalue weighted by Gasteiger charge is 2.21. The van der Waals surface area contributed by atoms with Gasteiger partial charge in [-0.3, -0.25) is 0 Å². The van der Waals surface area contributed by atoms with E-state index in [1.807, 2.05) is 4.68 Å². The van der Waals surface area contributed by atoms with Crippen LogP contribution in [-0.4, -0.2) is 21.3 Å². The van der Waals surface area contributed by atoms with Crippen LogP contribution < -0.4 is 5.32 Å². The van der Waals surface area contributed by atoms with Gasteiger partial charge in [-0.2, -0.15) is 4.98 Å². The Morgan fingerprint density at radius 3 is 2.87 bits per heavy atom. The highest BCUT2D eigenvalue weighted by atomic mass is 79.9. The highest BCUT2D eigenvalue weighted by molar-refractivity contribution is 9.10. The van der Waals surface area contributed by atoms with Crippen molar-refractivity contribution in [2.75, 3.05) is 11.9 Å². The zero-order valence-corrected chi connectivity index (χ0v) is 10.8. The van der Waals surface area contributed by atoms with E-state index in [0.29, 0.717) is 10.7 Å². The van der Waals surface area contributed by atoms with E-state index in [1.54, 1.807) is 0 Å². The van der Waals surface area contributed by atoms with E-state index in [-0.39, 0.29) is 0 Å². The first-order chi connectivity index (χ1) is 7.15. The molecule has 0 aliphatic heterocycles. The molecule has 0 radical (unpaired) electrons. The summed E-state index contributed by atoms with van der Waals surface area (Å²) in [4.78, 5) is 4.32. The van der Waals surface area contributed by atoms with Crippen molar-refractivity contribution in [3.05, 3.63) is 4.73 Å². The van der Waals surface area contributed by atoms with Crippen molar-refractivity contribution in [3.8, 4) is 0 Å². The van der Waals surface area contributed by atoms with Crippen LogP contribution in [0.4, 0.5) is 5.95 Å². The van der Waals surface area contributed by atoms with Crippen LogP contribution in [0.1, 0.15) is 26.7 Å². The summed E-state index contributed by atoms with van der Waals surface area (Å²) in [5.41, 5.74) is 0. The minimum Gasteiger partial charge on any atom is -0.354 e. The van der Waals surface area contributed by atoms with Gasteiger partial charge in [0.2, 0.25) is 10.7 Å². The van der Waals surface area contributed by atoms with Gasteiger partial charge in [-0.05, 0) is 40.6 Å². The van der Waals surface area contributed by atoms with Crippen LogP contribution >= 0.6 is 15.9 Å². The van der Waals surface area contributed by atoms with Crippen LogP contribution in [0.3, 0.4) is 0 Å². The fourth-order valence-electron chi connectivity index (χ4n) is 1.48. The van der Waals surface area contributed by atoms with Crippen LogP contribution in [0.15, 0.2) is 4.73 Å². The number of anilines is 1. The molecule has 1 fully saturated rings. The Balaban J connectivity index is 1.99. The van der Waals surface area contributed by atoms with Gasteiger partial charge in [0, 0.05) is 13.1 Å². The molecule has 0 spiro atoms. The fourth-order valence-corrected chi connectivity index (χ4v) is 1.84. The number of rotatable bonds is 5. The second kappa shape index (κ2) is 4.51. The Kier molecular flexibility index (Phi) is 3.29. The summed E-state index contributed by atoms with van der Waals surface area (Å²) < 4.78 is 2.61. The van der Waals surface area contributed by atoms with E-state index in [2.05, 4.69) is 45.2 Å². The molecule has 1 aliphatic carbocycles. The Hall–Kier alpha value is -0.580. The molecule has 0 aromatic carbocycles. The Morgan fingerprint density at radius 2 is 2.27 bits per heavy atom. The van der Waals surface area contributed by atoms with Gasteiger partial charge < -0.3 is 5.32 Å². The molecule has 1 heterocycles. The number of nitrogens with one attached hydrogen (secondary N) is 1. The molecule has 1 N–H and O–H groups in total. The van der Waals surface area contributed by atoms with Gasteiger partial charge in [0.1, 0.15) is 0 Å². The quantitative estimate of drug-likeness (QED) is 0.896. The van der Waals surface area contributed by atoms with Crippen molar-refractivity contribution in [2.24, 2.45) is 11.8 Å². The monoisotopic (exact) mass is 272 g/mol. The maximum absolute atomic E-state index is 4.32. The lowest BCUT2D eigenvalue weighted by molar-refractivity contribution is 0.484. The maximum Gasteiger partial charge on any atom is 0.222 e. The van der Waals surface area contributed by atoms with Gasteiger partial charge in [0.25, 0.3) is 0 Å². The molecule has 1 aromatic heterocycles. The molecule has 4 nitrogen and oxygen atoms in total. The van der Waals surface area contributed by atoms with E-state index in [9.17, 15) is 0 Å². The number of halogens is 1. The molecule has 0 bridgehead atoms. The molecule has 2 rings (SSSR count). The van der Waals surface area contributed by atoms with Crippen LogP contribution in [0.2, 0.25) is 0 Å². The summed E-state index contributed by atoms with van der Waals surface area (Å²) >= 11 is 3.31. The molecule has 0 unspecified atom stereocenters. The molecular formula is C10H17BrN4. The van der Waals surface area contributed by atoms with Crippen molar-refractivity contribution in [2.45, 2.75) is 33.2 Å². The third-order valence-corrected chi connectivity index (χ3v) is 2.77. The van der Waals surface area contributed by atoms with E-state index < -0.39 is 0 Å². The van der Waals surface area contributed by atoms with Gasteiger partial charge in [-0.15, -0.1) is 5.10 Å². The minimum atomic E-state index is 0.583. The molecule has 0 saturated heterocycles. The minimum absolute atomic E-state index is 0.583. The lowest BCUT2D eigenvalue weighted by Gasteiger charge is -2.09. The normalized spacial score (nSPS) is 16.0. The molecule has 1 aliphatic rings. The number of aromatic nitrogens is 3. The van der Waals surface area contributed by atoms with E-state index in [4.69, 9.17) is 0 Å². The van der Waals surface area contributed by atoms with Crippen molar-refractivity contribution >= 4 is 21.9 Å². The molecule has 84 valence electrons. The zero-order chi connectivity index (χ0) is 10.8. The Bertz CT molecular complexity index is 330. The van der Waals surface area contributed by atoms with Crippen molar-refractivity contribution in [1.29, 1.82) is 0 Å². The van der Waals surface area contributed by atoms with Gasteiger partial charge in [0.05, 0.1) is 0 Å². The Labute approximate surface area is 98.6 Å². The number of hydrogen-bond acceptors (Lipinski definition) is 3. The summed E-state index contributed by atoms with van der Waals surface area (Å²) in [7, 11) is 0. The van der Waals surface area contributed by atoms with Crippen LogP contribution in [0.25, 0.3) is 0 Å². The predicted octanol–water partition coefficient (Wildman–Crippen LogP) is 2.52. The molecule has 1 saturated carbocycles. The number of nitrogens with zero attached hydrogens (tertiary/aromatic N) is 3. The lowest BCUT2D eigenvalue weighted by Crippen LogP contribution is -2.13. The van der Waals surface area contributed by atoms with E-state index in [0.717, 1.165) is 25.0 Å². The summed E-state index contributed by atoms with van der Waals surface area (Å²) in [6.45, 7) is 6.30. The average Bonchev–Trinajstić information content (AvgIpc) is 2.89. The van der Waals surface area contributed by atoms with Gasteiger partial charge in [0.15, 0.2) is 0 Å². The largest absolute Gasteiger partial charge is 0.354 e. The van der Waals surface area contributed by atoms with E-state index >= 15 is 0 Å². The van der Waals surface area contributed by atoms with Crippen molar-refractivity contribution in [3.63, 3.8) is 0 Å². The lowest BCUT2D eigenvalue weighted by atomic mass is 10.2. The van der Waals surface area contributed by atoms with E-state index in [1.165, 1.54) is 12.8 Å². The highest BCUT2D eigenvalue weighted by Crippen LogP contribution is 2.28. The van der Waals surface area contributed by atoms with Gasteiger partial charge in [-0.1, -0.05) is 13.8 Å². The molecule has 15 heavy (non-hydrogen) atoms. The van der Waals surface area contributed by atoms with Crippen LogP contribution in [-0.2, 0) is 6.54 Å². The third-order valence-electron chi connectivity index (χ3n) is 2.43. The first kappa shape index (κ1) is 10.9. The van der Waals surface area contributed by atoms with Crippen LogP contribution in [0.5, 0.6) is 0 Å². The second-order valence-corrected chi connectivity index (χ2v) is 5.31. The fraction of sp³-hybridized carbons (Fsp3) is 0.800. The summed E-state index contributed by atoms with van der Waals surface area (Å²) in [5.74, 6) is 2.33. The SMILES string of the molecule is CC(C)Cn1nc(Br)nc1NCC1CC1. The predicted molar refractivity (Wildman–Crippen MR) is 63.8 cm³/mol. The third kappa shape index (κ3) is 3.19. The van der Waals surface area contributed by atoms with Crippen molar-refractivity contribution in [1.82, 2.24) is 14.8 Å². The average molecular weight is 273 g/mol. The summed E-state index contributed by atoms with van der Waals surface area (Å²) in [6, 6.07) is 0. The van der Waals surface area contributed by atoms with Crippen LogP contribution in [0, 0.1) is 11.8 Å². The summed E-state index contributed by atoms with van der Waals surface area (Å²) in [6.07, 6.45) is 2.71. The Morgan fingerprint density at radius 1 is 1.53 bits per heavy atom. The maximum atomic E-state index is 4.32. The first-order valence-electron chi connectivity index (χ1n) is 5.49. The smallest absolute Gasteiger partial charge is 0.222 e. The van der Waals surface area contributed by atoms with Gasteiger partial charge in [-0.25, -0.2) is 4.68 Å². The standard InChI is InChI=1S/C10H17BrN4/c1-7(2)6-15-10(13-9(11)14-15)12-5-8-3-4-8/h7-8H,3-6H2,1-2H3,(H,12,13,14). The number of hydrogen-bond donors (Lipinski definition) is 1. The van der Waals surface area contributed by atoms with Gasteiger partial charge >= 0.3 is 0 Å².